The summed E-state index contributed by atoms with van der Waals surface area (Å²) in [6.45, 7) is 10.0. The van der Waals surface area contributed by atoms with Crippen molar-refractivity contribution >= 4 is 0 Å². The molecule has 5 atom stereocenters. The van der Waals surface area contributed by atoms with Crippen LogP contribution >= 0.6 is 0 Å². The summed E-state index contributed by atoms with van der Waals surface area (Å²) in [4.78, 5) is 0. The maximum absolute atomic E-state index is 6.03. The number of nitrogens with one attached hydrogen (secondary N) is 1. The fourth-order valence-corrected chi connectivity index (χ4v) is 3.30. The van der Waals surface area contributed by atoms with Gasteiger partial charge in [0.05, 0.1) is 12.2 Å². The number of rotatable bonds is 5. The van der Waals surface area contributed by atoms with Gasteiger partial charge in [-0.15, -0.1) is 0 Å². The molecule has 1 aliphatic heterocycles. The second-order valence-electron chi connectivity index (χ2n) is 5.83. The van der Waals surface area contributed by atoms with Crippen molar-refractivity contribution < 1.29 is 4.74 Å². The molecule has 1 N–H and O–H groups in total. The molecular weight excluding hydrogens is 234 g/mol. The second-order valence-corrected chi connectivity index (χ2v) is 5.83. The maximum atomic E-state index is 6.03. The standard InChI is InChI=1S/C17H27NO/c1-5-11-18-17(15-9-7-6-8-10-15)16-12(2)13(3)19-14(16)4/h6-10,12-14,16-18H,5,11H2,1-4H3. The van der Waals surface area contributed by atoms with E-state index in [1.807, 2.05) is 0 Å². The predicted octanol–water partition coefficient (Wildman–Crippen LogP) is 3.79. The van der Waals surface area contributed by atoms with Crippen LogP contribution in [0.25, 0.3) is 0 Å². The summed E-state index contributed by atoms with van der Waals surface area (Å²) in [7, 11) is 0. The summed E-state index contributed by atoms with van der Waals surface area (Å²) < 4.78 is 6.03. The minimum atomic E-state index is 0.319. The van der Waals surface area contributed by atoms with E-state index in [4.69, 9.17) is 4.74 Å². The van der Waals surface area contributed by atoms with Gasteiger partial charge in [0.15, 0.2) is 0 Å². The van der Waals surface area contributed by atoms with Crippen LogP contribution in [-0.4, -0.2) is 18.8 Å². The fraction of sp³-hybridized carbons (Fsp3) is 0.647. The number of ether oxygens (including phenoxy) is 1. The number of hydrogen-bond acceptors (Lipinski definition) is 2. The summed E-state index contributed by atoms with van der Waals surface area (Å²) in [6.07, 6.45) is 1.84. The van der Waals surface area contributed by atoms with Gasteiger partial charge < -0.3 is 10.1 Å². The Morgan fingerprint density at radius 2 is 1.79 bits per heavy atom. The summed E-state index contributed by atoms with van der Waals surface area (Å²) in [6, 6.07) is 11.2. The molecule has 106 valence electrons. The van der Waals surface area contributed by atoms with Crippen LogP contribution in [0, 0.1) is 11.8 Å². The van der Waals surface area contributed by atoms with Crippen molar-refractivity contribution in [1.82, 2.24) is 5.32 Å². The second kappa shape index (κ2) is 6.53. The summed E-state index contributed by atoms with van der Waals surface area (Å²) >= 11 is 0. The zero-order valence-corrected chi connectivity index (χ0v) is 12.6. The van der Waals surface area contributed by atoms with Crippen molar-refractivity contribution in [2.75, 3.05) is 6.54 Å². The third-order valence-electron chi connectivity index (χ3n) is 4.48. The van der Waals surface area contributed by atoms with E-state index in [1.54, 1.807) is 0 Å². The third-order valence-corrected chi connectivity index (χ3v) is 4.48. The van der Waals surface area contributed by atoms with Crippen LogP contribution in [0.1, 0.15) is 45.7 Å². The smallest absolute Gasteiger partial charge is 0.0600 e. The highest BCUT2D eigenvalue weighted by molar-refractivity contribution is 5.21. The predicted molar refractivity (Wildman–Crippen MR) is 80.1 cm³/mol. The molecule has 1 fully saturated rings. The van der Waals surface area contributed by atoms with Gasteiger partial charge in [-0.2, -0.15) is 0 Å². The summed E-state index contributed by atoms with van der Waals surface area (Å²) in [5.74, 6) is 1.13. The Bertz CT molecular complexity index is 378. The topological polar surface area (TPSA) is 21.3 Å². The highest BCUT2D eigenvalue weighted by atomic mass is 16.5. The van der Waals surface area contributed by atoms with E-state index < -0.39 is 0 Å². The first-order chi connectivity index (χ1) is 9.15. The first-order valence-corrected chi connectivity index (χ1v) is 7.59. The molecule has 0 amide bonds. The van der Waals surface area contributed by atoms with Crippen LogP contribution in [0.3, 0.4) is 0 Å². The van der Waals surface area contributed by atoms with E-state index in [1.165, 1.54) is 5.56 Å². The van der Waals surface area contributed by atoms with Crippen LogP contribution in [0.2, 0.25) is 0 Å². The van der Waals surface area contributed by atoms with Crippen LogP contribution in [0.5, 0.6) is 0 Å². The quantitative estimate of drug-likeness (QED) is 0.871. The molecule has 19 heavy (non-hydrogen) atoms. The van der Waals surface area contributed by atoms with Crippen LogP contribution in [-0.2, 0) is 4.74 Å². The van der Waals surface area contributed by atoms with Gasteiger partial charge in [-0.05, 0) is 38.3 Å². The van der Waals surface area contributed by atoms with Crippen molar-refractivity contribution in [1.29, 1.82) is 0 Å². The van der Waals surface area contributed by atoms with Gasteiger partial charge in [-0.1, -0.05) is 44.2 Å². The first-order valence-electron chi connectivity index (χ1n) is 7.59. The average molecular weight is 261 g/mol. The van der Waals surface area contributed by atoms with E-state index in [2.05, 4.69) is 63.3 Å². The Morgan fingerprint density at radius 3 is 2.32 bits per heavy atom. The van der Waals surface area contributed by atoms with Gasteiger partial charge in [-0.25, -0.2) is 0 Å². The lowest BCUT2D eigenvalue weighted by molar-refractivity contribution is 0.0475. The Balaban J connectivity index is 2.22. The van der Waals surface area contributed by atoms with Gasteiger partial charge in [0, 0.05) is 12.0 Å². The largest absolute Gasteiger partial charge is 0.375 e. The average Bonchev–Trinajstić information content (AvgIpc) is 2.67. The molecule has 2 heteroatoms. The van der Waals surface area contributed by atoms with Crippen molar-refractivity contribution in [2.45, 2.75) is 52.4 Å². The zero-order chi connectivity index (χ0) is 13.8. The third kappa shape index (κ3) is 3.18. The molecule has 1 aromatic carbocycles. The van der Waals surface area contributed by atoms with Crippen molar-refractivity contribution in [2.24, 2.45) is 11.8 Å². The first kappa shape index (κ1) is 14.5. The Hall–Kier alpha value is -0.860. The Morgan fingerprint density at radius 1 is 1.11 bits per heavy atom. The Labute approximate surface area is 117 Å². The Kier molecular flexibility index (Phi) is 5.00. The normalized spacial score (nSPS) is 32.4. The summed E-state index contributed by atoms with van der Waals surface area (Å²) in [5, 5.41) is 3.73. The molecule has 1 saturated heterocycles. The monoisotopic (exact) mass is 261 g/mol. The molecule has 2 nitrogen and oxygen atoms in total. The molecule has 0 aromatic heterocycles. The van der Waals surface area contributed by atoms with Gasteiger partial charge in [0.25, 0.3) is 0 Å². The van der Waals surface area contributed by atoms with E-state index in [0.29, 0.717) is 30.1 Å². The molecule has 0 radical (unpaired) electrons. The molecule has 0 aliphatic carbocycles. The lowest BCUT2D eigenvalue weighted by Crippen LogP contribution is -2.35. The van der Waals surface area contributed by atoms with Crippen LogP contribution in [0.4, 0.5) is 0 Å². The molecule has 5 unspecified atom stereocenters. The molecule has 1 aromatic rings. The molecule has 0 spiro atoms. The van der Waals surface area contributed by atoms with Gasteiger partial charge in [-0.3, -0.25) is 0 Å². The SMILES string of the molecule is CCCNC(c1ccccc1)C1C(C)OC(C)C1C. The van der Waals surface area contributed by atoms with Gasteiger partial charge in [0.1, 0.15) is 0 Å². The van der Waals surface area contributed by atoms with Crippen LogP contribution < -0.4 is 5.32 Å². The minimum Gasteiger partial charge on any atom is -0.375 e. The van der Waals surface area contributed by atoms with E-state index in [0.717, 1.165) is 13.0 Å². The van der Waals surface area contributed by atoms with E-state index in [9.17, 15) is 0 Å². The lowest BCUT2D eigenvalue weighted by atomic mass is 9.80. The highest BCUT2D eigenvalue weighted by Gasteiger charge is 2.41. The van der Waals surface area contributed by atoms with Crippen molar-refractivity contribution in [3.63, 3.8) is 0 Å². The summed E-state index contributed by atoms with van der Waals surface area (Å²) in [5.41, 5.74) is 1.39. The molecule has 1 heterocycles. The van der Waals surface area contributed by atoms with Crippen LogP contribution in [0.15, 0.2) is 30.3 Å². The highest BCUT2D eigenvalue weighted by Crippen LogP contribution is 2.40. The van der Waals surface area contributed by atoms with Gasteiger partial charge >= 0.3 is 0 Å². The van der Waals surface area contributed by atoms with E-state index in [-0.39, 0.29) is 0 Å². The lowest BCUT2D eigenvalue weighted by Gasteiger charge is -2.30. The van der Waals surface area contributed by atoms with Gasteiger partial charge in [0.2, 0.25) is 0 Å². The fourth-order valence-electron chi connectivity index (χ4n) is 3.30. The zero-order valence-electron chi connectivity index (χ0n) is 12.6. The van der Waals surface area contributed by atoms with Crippen molar-refractivity contribution in [3.05, 3.63) is 35.9 Å². The number of benzene rings is 1. The molecular formula is C17H27NO. The number of hydrogen-bond donors (Lipinski definition) is 1. The van der Waals surface area contributed by atoms with Crippen molar-refractivity contribution in [3.8, 4) is 0 Å². The molecule has 1 aliphatic rings. The molecule has 0 saturated carbocycles. The molecule has 0 bridgehead atoms. The maximum Gasteiger partial charge on any atom is 0.0600 e. The molecule has 2 rings (SSSR count). The van der Waals surface area contributed by atoms with E-state index >= 15 is 0 Å². The minimum absolute atomic E-state index is 0.319.